The lowest BCUT2D eigenvalue weighted by atomic mass is 10.1. The number of fused-ring (bicyclic) bond motifs is 1. The van der Waals surface area contributed by atoms with Crippen molar-refractivity contribution in [1.29, 1.82) is 0 Å². The highest BCUT2D eigenvalue weighted by molar-refractivity contribution is 9.10. The third-order valence-electron chi connectivity index (χ3n) is 4.00. The number of carboxylic acid groups (broad SMARTS) is 1. The van der Waals surface area contributed by atoms with E-state index in [0.717, 1.165) is 15.4 Å². The van der Waals surface area contributed by atoms with E-state index in [4.69, 9.17) is 0 Å². The van der Waals surface area contributed by atoms with E-state index in [0.29, 0.717) is 5.39 Å². The lowest BCUT2D eigenvalue weighted by molar-refractivity contribution is -0.138. The van der Waals surface area contributed by atoms with Crippen LogP contribution in [0.2, 0.25) is 0 Å². The molecule has 0 heterocycles. The zero-order valence-corrected chi connectivity index (χ0v) is 16.0. The van der Waals surface area contributed by atoms with Crippen molar-refractivity contribution in [2.45, 2.75) is 17.4 Å². The molecule has 0 unspecified atom stereocenters. The first kappa shape index (κ1) is 18.6. The Labute approximate surface area is 159 Å². The summed E-state index contributed by atoms with van der Waals surface area (Å²) in [7, 11) is -4.02. The van der Waals surface area contributed by atoms with Crippen LogP contribution < -0.4 is 4.72 Å². The van der Waals surface area contributed by atoms with Crippen LogP contribution in [0.3, 0.4) is 0 Å². The Hall–Kier alpha value is -2.22. The molecule has 0 aliphatic heterocycles. The molecule has 0 saturated heterocycles. The number of carboxylic acids is 1. The zero-order chi connectivity index (χ0) is 18.7. The van der Waals surface area contributed by atoms with Crippen LogP contribution in [-0.4, -0.2) is 25.5 Å². The molecule has 0 amide bonds. The van der Waals surface area contributed by atoms with E-state index < -0.39 is 22.0 Å². The molecule has 2 N–H and O–H groups in total. The summed E-state index contributed by atoms with van der Waals surface area (Å²) in [5.74, 6) is -1.22. The lowest BCUT2D eigenvalue weighted by Crippen LogP contribution is -2.42. The van der Waals surface area contributed by atoms with Crippen LogP contribution in [0.1, 0.15) is 5.56 Å². The molecule has 0 bridgehead atoms. The summed E-state index contributed by atoms with van der Waals surface area (Å²) < 4.78 is 28.8. The van der Waals surface area contributed by atoms with Gasteiger partial charge in [0.2, 0.25) is 10.0 Å². The molecular formula is C19H16BrNO4S. The van der Waals surface area contributed by atoms with E-state index in [1.807, 2.05) is 12.1 Å². The lowest BCUT2D eigenvalue weighted by Gasteiger charge is -2.16. The van der Waals surface area contributed by atoms with E-state index in [-0.39, 0.29) is 11.3 Å². The van der Waals surface area contributed by atoms with Gasteiger partial charge in [0.25, 0.3) is 0 Å². The van der Waals surface area contributed by atoms with Crippen LogP contribution in [0.15, 0.2) is 76.1 Å². The molecule has 1 atom stereocenters. The first-order valence-electron chi connectivity index (χ1n) is 7.85. The van der Waals surface area contributed by atoms with E-state index in [1.165, 1.54) is 6.07 Å². The van der Waals surface area contributed by atoms with Crippen molar-refractivity contribution in [3.05, 3.63) is 76.8 Å². The van der Waals surface area contributed by atoms with Gasteiger partial charge < -0.3 is 5.11 Å². The highest BCUT2D eigenvalue weighted by Gasteiger charge is 2.27. The molecule has 0 saturated carbocycles. The maximum absolute atomic E-state index is 12.9. The third-order valence-corrected chi connectivity index (χ3v) is 6.22. The summed E-state index contributed by atoms with van der Waals surface area (Å²) >= 11 is 3.41. The van der Waals surface area contributed by atoms with Gasteiger partial charge >= 0.3 is 5.97 Å². The van der Waals surface area contributed by atoms with Crippen molar-refractivity contribution in [1.82, 2.24) is 4.72 Å². The molecule has 26 heavy (non-hydrogen) atoms. The Kier molecular flexibility index (Phi) is 5.41. The van der Waals surface area contributed by atoms with Gasteiger partial charge in [-0.3, -0.25) is 4.79 Å². The summed E-state index contributed by atoms with van der Waals surface area (Å²) in [6, 6.07) is 17.8. The van der Waals surface area contributed by atoms with E-state index in [2.05, 4.69) is 20.7 Å². The normalized spacial score (nSPS) is 12.8. The minimum absolute atomic E-state index is 0.0515. The average molecular weight is 434 g/mol. The third kappa shape index (κ3) is 3.95. The predicted octanol–water partition coefficient (Wildman–Crippen LogP) is 3.58. The van der Waals surface area contributed by atoms with Gasteiger partial charge in [-0.25, -0.2) is 8.42 Å². The molecule has 3 rings (SSSR count). The highest BCUT2D eigenvalue weighted by atomic mass is 79.9. The highest BCUT2D eigenvalue weighted by Crippen LogP contribution is 2.29. The van der Waals surface area contributed by atoms with E-state index >= 15 is 0 Å². The monoisotopic (exact) mass is 433 g/mol. The largest absolute Gasteiger partial charge is 0.480 e. The number of hydrogen-bond donors (Lipinski definition) is 2. The topological polar surface area (TPSA) is 83.5 Å². The Bertz CT molecular complexity index is 1050. The quantitative estimate of drug-likeness (QED) is 0.622. The molecule has 7 heteroatoms. The number of rotatable bonds is 6. The number of benzene rings is 3. The molecule has 0 aliphatic carbocycles. The van der Waals surface area contributed by atoms with Crippen LogP contribution in [0.5, 0.6) is 0 Å². The smallest absolute Gasteiger partial charge is 0.322 e. The van der Waals surface area contributed by atoms with Crippen LogP contribution >= 0.6 is 15.9 Å². The maximum Gasteiger partial charge on any atom is 0.322 e. The summed E-state index contributed by atoms with van der Waals surface area (Å²) in [6.07, 6.45) is 0.0594. The number of carbonyl (C=O) groups is 1. The minimum Gasteiger partial charge on any atom is -0.480 e. The number of hydrogen-bond acceptors (Lipinski definition) is 3. The van der Waals surface area contributed by atoms with Gasteiger partial charge in [0.05, 0.1) is 4.90 Å². The molecule has 3 aromatic carbocycles. The predicted molar refractivity (Wildman–Crippen MR) is 104 cm³/mol. The molecule has 0 aromatic heterocycles. The van der Waals surface area contributed by atoms with Crippen molar-refractivity contribution in [3.63, 3.8) is 0 Å². The minimum atomic E-state index is -4.02. The van der Waals surface area contributed by atoms with Gasteiger partial charge in [0.1, 0.15) is 6.04 Å². The fourth-order valence-corrected chi connectivity index (χ4v) is 4.63. The molecule has 0 aliphatic rings. The molecule has 0 fully saturated rings. The number of nitrogens with one attached hydrogen (secondary N) is 1. The Balaban J connectivity index is 1.97. The van der Waals surface area contributed by atoms with Gasteiger partial charge in [-0.05, 0) is 29.5 Å². The number of halogens is 1. The van der Waals surface area contributed by atoms with Crippen molar-refractivity contribution >= 4 is 42.7 Å². The van der Waals surface area contributed by atoms with Crippen molar-refractivity contribution in [2.24, 2.45) is 0 Å². The number of sulfonamides is 1. The standard InChI is InChI=1S/C19H16BrNO4S/c20-16-10-11-18(15-9-5-4-8-14(15)16)26(24,25)21-17(19(22)23)12-13-6-2-1-3-7-13/h1-11,17,21H,12H2,(H,22,23)/t17-/m1/s1. The fourth-order valence-electron chi connectivity index (χ4n) is 2.75. The van der Waals surface area contributed by atoms with Crippen molar-refractivity contribution in [2.75, 3.05) is 0 Å². The molecule has 0 spiro atoms. The second-order valence-corrected chi connectivity index (χ2v) is 8.33. The second kappa shape index (κ2) is 7.57. The average Bonchev–Trinajstić information content (AvgIpc) is 2.62. The first-order chi connectivity index (χ1) is 12.4. The SMILES string of the molecule is O=C(O)[C@@H](Cc1ccccc1)NS(=O)(=O)c1ccc(Br)c2ccccc12. The molecule has 5 nitrogen and oxygen atoms in total. The molecule has 134 valence electrons. The van der Waals surface area contributed by atoms with Crippen LogP contribution in [0.4, 0.5) is 0 Å². The van der Waals surface area contributed by atoms with Crippen molar-refractivity contribution < 1.29 is 18.3 Å². The van der Waals surface area contributed by atoms with Crippen LogP contribution in [0, 0.1) is 0 Å². The summed E-state index contributed by atoms with van der Waals surface area (Å²) in [5.41, 5.74) is 0.739. The fraction of sp³-hybridized carbons (Fsp3) is 0.105. The second-order valence-electron chi connectivity index (χ2n) is 5.79. The van der Waals surface area contributed by atoms with E-state index in [9.17, 15) is 18.3 Å². The first-order valence-corrected chi connectivity index (χ1v) is 10.1. The van der Waals surface area contributed by atoms with Crippen LogP contribution in [0.25, 0.3) is 10.8 Å². The summed E-state index contributed by atoms with van der Waals surface area (Å²) in [5, 5.41) is 10.7. The Morgan fingerprint density at radius 2 is 1.58 bits per heavy atom. The number of aliphatic carboxylic acids is 1. The zero-order valence-electron chi connectivity index (χ0n) is 13.6. The van der Waals surface area contributed by atoms with Crippen LogP contribution in [-0.2, 0) is 21.2 Å². The Morgan fingerprint density at radius 1 is 0.962 bits per heavy atom. The van der Waals surface area contributed by atoms with Crippen molar-refractivity contribution in [3.8, 4) is 0 Å². The maximum atomic E-state index is 12.9. The summed E-state index contributed by atoms with van der Waals surface area (Å²) in [4.78, 5) is 11.6. The van der Waals surface area contributed by atoms with Gasteiger partial charge in [-0.2, -0.15) is 4.72 Å². The molecular weight excluding hydrogens is 418 g/mol. The Morgan fingerprint density at radius 3 is 2.23 bits per heavy atom. The van der Waals surface area contributed by atoms with Gasteiger partial charge in [-0.15, -0.1) is 0 Å². The van der Waals surface area contributed by atoms with Gasteiger partial charge in [0.15, 0.2) is 0 Å². The molecule has 3 aromatic rings. The van der Waals surface area contributed by atoms with Gasteiger partial charge in [0, 0.05) is 9.86 Å². The molecule has 0 radical (unpaired) electrons. The van der Waals surface area contributed by atoms with E-state index in [1.54, 1.807) is 48.5 Å². The summed E-state index contributed by atoms with van der Waals surface area (Å²) in [6.45, 7) is 0. The van der Waals surface area contributed by atoms with Gasteiger partial charge in [-0.1, -0.05) is 70.5 Å².